The molecule has 0 bridgehead atoms. The molecule has 0 aliphatic heterocycles. The van der Waals surface area contributed by atoms with Crippen molar-refractivity contribution in [1.29, 1.82) is 0 Å². The highest BCUT2D eigenvalue weighted by Crippen LogP contribution is 2.27. The average molecular weight is 308 g/mol. The topological polar surface area (TPSA) is 41.9 Å². The van der Waals surface area contributed by atoms with Crippen molar-refractivity contribution in [2.45, 2.75) is 6.10 Å². The van der Waals surface area contributed by atoms with Gasteiger partial charge in [-0.1, -0.05) is 23.2 Å². The van der Waals surface area contributed by atoms with E-state index in [1.807, 2.05) is 11.9 Å². The molecule has 0 aliphatic carbocycles. The van der Waals surface area contributed by atoms with Crippen molar-refractivity contribution in [3.8, 4) is 5.75 Å². The second-order valence-electron chi connectivity index (χ2n) is 4.29. The minimum absolute atomic E-state index is 0.328. The lowest BCUT2D eigenvalue weighted by Crippen LogP contribution is -2.34. The Balaban J connectivity index is 2.29. The van der Waals surface area contributed by atoms with Crippen molar-refractivity contribution in [1.82, 2.24) is 4.90 Å². The van der Waals surface area contributed by atoms with Crippen molar-refractivity contribution in [3.05, 3.63) is 28.2 Å². The summed E-state index contributed by atoms with van der Waals surface area (Å²) < 4.78 is 10.4. The number of hydrogen-bond acceptors (Lipinski definition) is 4. The summed E-state index contributed by atoms with van der Waals surface area (Å²) in [7, 11) is 3.47. The smallest absolute Gasteiger partial charge is 0.138 e. The molecule has 1 N–H and O–H groups in total. The largest absolute Gasteiger partial charge is 0.491 e. The fraction of sp³-hybridized carbons (Fsp3) is 0.538. The first-order valence-corrected chi connectivity index (χ1v) is 6.72. The van der Waals surface area contributed by atoms with E-state index in [-0.39, 0.29) is 0 Å². The molecule has 6 heteroatoms. The zero-order chi connectivity index (χ0) is 14.3. The Morgan fingerprint density at radius 2 is 2.11 bits per heavy atom. The third-order valence-electron chi connectivity index (χ3n) is 2.51. The number of hydrogen-bond donors (Lipinski definition) is 1. The number of ether oxygens (including phenoxy) is 2. The van der Waals surface area contributed by atoms with Gasteiger partial charge >= 0.3 is 0 Å². The summed E-state index contributed by atoms with van der Waals surface area (Å²) in [6, 6.07) is 5.11. The molecule has 0 spiro atoms. The van der Waals surface area contributed by atoms with Gasteiger partial charge in [0.1, 0.15) is 12.4 Å². The van der Waals surface area contributed by atoms with Gasteiger partial charge in [-0.2, -0.15) is 0 Å². The molecule has 0 saturated heterocycles. The van der Waals surface area contributed by atoms with Gasteiger partial charge in [0.25, 0.3) is 0 Å². The first kappa shape index (κ1) is 16.5. The van der Waals surface area contributed by atoms with Crippen molar-refractivity contribution < 1.29 is 14.6 Å². The molecule has 0 aliphatic rings. The molecular formula is C13H19Cl2NO3. The summed E-state index contributed by atoms with van der Waals surface area (Å²) in [6.45, 7) is 2.02. The van der Waals surface area contributed by atoms with E-state index in [0.29, 0.717) is 42.1 Å². The number of likely N-dealkylation sites (N-methyl/N-ethyl adjacent to an activating group) is 1. The van der Waals surface area contributed by atoms with Crippen LogP contribution in [0.15, 0.2) is 18.2 Å². The highest BCUT2D eigenvalue weighted by molar-refractivity contribution is 6.35. The number of methoxy groups -OCH3 is 1. The van der Waals surface area contributed by atoms with Gasteiger partial charge in [0.05, 0.1) is 17.7 Å². The molecule has 0 radical (unpaired) electrons. The molecule has 1 rings (SSSR count). The monoisotopic (exact) mass is 307 g/mol. The third-order valence-corrected chi connectivity index (χ3v) is 3.04. The second kappa shape index (κ2) is 8.61. The van der Waals surface area contributed by atoms with Crippen LogP contribution in [0.1, 0.15) is 0 Å². The van der Waals surface area contributed by atoms with Crippen LogP contribution >= 0.6 is 23.2 Å². The van der Waals surface area contributed by atoms with Gasteiger partial charge in [-0.15, -0.1) is 0 Å². The van der Waals surface area contributed by atoms with E-state index in [1.165, 1.54) is 0 Å². The van der Waals surface area contributed by atoms with Gasteiger partial charge in [-0.05, 0) is 25.2 Å². The van der Waals surface area contributed by atoms with E-state index in [1.54, 1.807) is 25.3 Å². The van der Waals surface area contributed by atoms with Crippen molar-refractivity contribution >= 4 is 23.2 Å². The molecule has 1 atom stereocenters. The van der Waals surface area contributed by atoms with Crippen LogP contribution < -0.4 is 4.74 Å². The summed E-state index contributed by atoms with van der Waals surface area (Å²) in [6.07, 6.45) is -0.492. The predicted molar refractivity (Wildman–Crippen MR) is 77.3 cm³/mol. The zero-order valence-electron chi connectivity index (χ0n) is 11.1. The fourth-order valence-corrected chi connectivity index (χ4v) is 2.06. The molecule has 0 saturated carbocycles. The molecule has 0 amide bonds. The van der Waals surface area contributed by atoms with E-state index in [0.717, 1.165) is 0 Å². The normalized spacial score (nSPS) is 12.7. The Bertz CT molecular complexity index is 390. The summed E-state index contributed by atoms with van der Waals surface area (Å²) in [5.41, 5.74) is 0. The first-order chi connectivity index (χ1) is 9.02. The number of aliphatic hydroxyl groups is 1. The Kier molecular flexibility index (Phi) is 7.49. The molecule has 0 fully saturated rings. The quantitative estimate of drug-likeness (QED) is 0.800. The van der Waals surface area contributed by atoms with Crippen LogP contribution in [-0.4, -0.2) is 56.6 Å². The fourth-order valence-electron chi connectivity index (χ4n) is 1.60. The number of rotatable bonds is 8. The first-order valence-electron chi connectivity index (χ1n) is 5.96. The van der Waals surface area contributed by atoms with E-state index in [4.69, 9.17) is 32.7 Å². The molecule has 108 valence electrons. The van der Waals surface area contributed by atoms with Crippen LogP contribution in [0.4, 0.5) is 0 Å². The van der Waals surface area contributed by atoms with E-state index >= 15 is 0 Å². The van der Waals surface area contributed by atoms with Crippen LogP contribution in [0.25, 0.3) is 0 Å². The lowest BCUT2D eigenvalue weighted by Gasteiger charge is -2.20. The van der Waals surface area contributed by atoms with Crippen molar-refractivity contribution in [2.24, 2.45) is 0 Å². The predicted octanol–water partition coefficient (Wildman–Crippen LogP) is 2.31. The van der Waals surface area contributed by atoms with Crippen molar-refractivity contribution in [3.63, 3.8) is 0 Å². The van der Waals surface area contributed by atoms with Crippen LogP contribution in [0.5, 0.6) is 5.75 Å². The Morgan fingerprint density at radius 3 is 2.74 bits per heavy atom. The molecule has 1 aromatic carbocycles. The van der Waals surface area contributed by atoms with Crippen LogP contribution in [0.2, 0.25) is 10.0 Å². The second-order valence-corrected chi connectivity index (χ2v) is 5.14. The summed E-state index contributed by atoms with van der Waals surface area (Å²) in [5.74, 6) is 0.608. The maximum atomic E-state index is 9.57. The molecular weight excluding hydrogens is 289 g/mol. The molecule has 0 heterocycles. The average Bonchev–Trinajstić information content (AvgIpc) is 2.32. The number of aliphatic hydroxyl groups excluding tert-OH is 1. The van der Waals surface area contributed by atoms with E-state index in [2.05, 4.69) is 0 Å². The zero-order valence-corrected chi connectivity index (χ0v) is 12.6. The maximum Gasteiger partial charge on any atom is 0.138 e. The van der Waals surface area contributed by atoms with Gasteiger partial charge in [0.2, 0.25) is 0 Å². The van der Waals surface area contributed by atoms with Crippen LogP contribution in [-0.2, 0) is 4.74 Å². The SMILES string of the molecule is COCC(O)CN(C)CCOc1ccc(Cl)cc1Cl. The highest BCUT2D eigenvalue weighted by Gasteiger charge is 2.08. The molecule has 1 unspecified atom stereocenters. The molecule has 0 aromatic heterocycles. The van der Waals surface area contributed by atoms with Gasteiger partial charge in [0, 0.05) is 25.2 Å². The third kappa shape index (κ3) is 6.45. The Hall–Kier alpha value is -0.520. The lowest BCUT2D eigenvalue weighted by molar-refractivity contribution is 0.0410. The summed E-state index contributed by atoms with van der Waals surface area (Å²) >= 11 is 11.8. The van der Waals surface area contributed by atoms with E-state index < -0.39 is 6.10 Å². The molecule has 1 aromatic rings. The minimum atomic E-state index is -0.492. The standard InChI is InChI=1S/C13H19Cl2NO3/c1-16(8-11(17)9-18-2)5-6-19-13-4-3-10(14)7-12(13)15/h3-4,7,11,17H,5-6,8-9H2,1-2H3. The minimum Gasteiger partial charge on any atom is -0.491 e. The Labute approximate surface area is 123 Å². The number of benzene rings is 1. The van der Waals surface area contributed by atoms with Gasteiger partial charge in [-0.3, -0.25) is 0 Å². The molecule has 19 heavy (non-hydrogen) atoms. The van der Waals surface area contributed by atoms with Crippen molar-refractivity contribution in [2.75, 3.05) is 40.5 Å². The van der Waals surface area contributed by atoms with Gasteiger partial charge < -0.3 is 19.5 Å². The Morgan fingerprint density at radius 1 is 1.37 bits per heavy atom. The number of halogens is 2. The number of nitrogens with zero attached hydrogens (tertiary/aromatic N) is 1. The highest BCUT2D eigenvalue weighted by atomic mass is 35.5. The molecule has 4 nitrogen and oxygen atoms in total. The lowest BCUT2D eigenvalue weighted by atomic mass is 10.3. The van der Waals surface area contributed by atoms with Crippen LogP contribution in [0.3, 0.4) is 0 Å². The van der Waals surface area contributed by atoms with Gasteiger partial charge in [-0.25, -0.2) is 0 Å². The van der Waals surface area contributed by atoms with Crippen LogP contribution in [0, 0.1) is 0 Å². The summed E-state index contributed by atoms with van der Waals surface area (Å²) in [5, 5.41) is 10.6. The van der Waals surface area contributed by atoms with E-state index in [9.17, 15) is 5.11 Å². The summed E-state index contributed by atoms with van der Waals surface area (Å²) in [4.78, 5) is 1.97. The van der Waals surface area contributed by atoms with Gasteiger partial charge in [0.15, 0.2) is 0 Å². The maximum absolute atomic E-state index is 9.57.